The standard InChI is InChI=1S/C18H20N8O2/c1-23-8-12(13-15(23)21-9-24(2)17(13)28)26-7-10-4-3-5-25(10)14-11(16(26)27)6-20-18(19)22-14/h6,8-10H,3-5,7H2,1-2H3,(H2,19,20,22)/t10-/m0/s1. The summed E-state index contributed by atoms with van der Waals surface area (Å²) in [4.78, 5) is 42.9. The lowest BCUT2D eigenvalue weighted by Crippen LogP contribution is -2.40. The molecule has 0 aliphatic carbocycles. The third-order valence-corrected chi connectivity index (χ3v) is 5.61. The zero-order chi connectivity index (χ0) is 19.6. The van der Waals surface area contributed by atoms with Crippen molar-refractivity contribution in [2.45, 2.75) is 18.9 Å². The van der Waals surface area contributed by atoms with Gasteiger partial charge in [-0.2, -0.15) is 4.98 Å². The Hall–Kier alpha value is -3.43. The largest absolute Gasteiger partial charge is 0.368 e. The predicted octanol–water partition coefficient (Wildman–Crippen LogP) is 0.273. The van der Waals surface area contributed by atoms with Crippen LogP contribution >= 0.6 is 0 Å². The van der Waals surface area contributed by atoms with Crippen LogP contribution in [0.4, 0.5) is 17.5 Å². The fourth-order valence-corrected chi connectivity index (χ4v) is 4.24. The number of carbonyl (C=O) groups is 1. The van der Waals surface area contributed by atoms with Crippen LogP contribution in [0.2, 0.25) is 0 Å². The second kappa shape index (κ2) is 5.78. The Bertz CT molecular complexity index is 1180. The van der Waals surface area contributed by atoms with Crippen LogP contribution in [0.25, 0.3) is 11.0 Å². The van der Waals surface area contributed by atoms with Crippen molar-refractivity contribution in [3.05, 3.63) is 34.6 Å². The monoisotopic (exact) mass is 380 g/mol. The van der Waals surface area contributed by atoms with Gasteiger partial charge in [0.05, 0.1) is 12.0 Å². The lowest BCUT2D eigenvalue weighted by atomic mass is 10.2. The molecule has 10 nitrogen and oxygen atoms in total. The van der Waals surface area contributed by atoms with Crippen LogP contribution in [0.1, 0.15) is 23.2 Å². The molecule has 0 bridgehead atoms. The molecule has 144 valence electrons. The van der Waals surface area contributed by atoms with E-state index in [1.165, 1.54) is 17.1 Å². The molecule has 3 aromatic heterocycles. The summed E-state index contributed by atoms with van der Waals surface area (Å²) in [6.45, 7) is 1.28. The molecular weight excluding hydrogens is 360 g/mol. The van der Waals surface area contributed by atoms with Crippen LogP contribution in [0.3, 0.4) is 0 Å². The molecule has 1 amide bonds. The SMILES string of the molecule is Cn1cnc2c(c(N3C[C@@H]4CCCN4c4nc(N)ncc4C3=O)cn2C)c1=O. The molecular formula is C18H20N8O2. The Kier molecular flexibility index (Phi) is 3.45. The summed E-state index contributed by atoms with van der Waals surface area (Å²) >= 11 is 0. The van der Waals surface area contributed by atoms with E-state index in [2.05, 4.69) is 19.9 Å². The summed E-state index contributed by atoms with van der Waals surface area (Å²) in [5, 5.41) is 0.435. The Morgan fingerprint density at radius 3 is 2.82 bits per heavy atom. The zero-order valence-corrected chi connectivity index (χ0v) is 15.7. The third kappa shape index (κ3) is 2.23. The van der Waals surface area contributed by atoms with E-state index in [1.54, 1.807) is 22.7 Å². The first-order chi connectivity index (χ1) is 13.5. The molecule has 2 aliphatic heterocycles. The number of aromatic nitrogens is 5. The van der Waals surface area contributed by atoms with Crippen molar-refractivity contribution in [2.75, 3.05) is 28.6 Å². The first kappa shape index (κ1) is 16.7. The van der Waals surface area contributed by atoms with Gasteiger partial charge >= 0.3 is 0 Å². The molecule has 0 radical (unpaired) electrons. The minimum atomic E-state index is -0.234. The van der Waals surface area contributed by atoms with E-state index in [-0.39, 0.29) is 23.5 Å². The van der Waals surface area contributed by atoms with Crippen LogP contribution in [0.5, 0.6) is 0 Å². The molecule has 0 saturated carbocycles. The molecule has 0 spiro atoms. The number of carbonyl (C=O) groups excluding carboxylic acids is 1. The lowest BCUT2D eigenvalue weighted by molar-refractivity contribution is 0.0988. The van der Waals surface area contributed by atoms with Crippen LogP contribution in [0, 0.1) is 0 Å². The summed E-state index contributed by atoms with van der Waals surface area (Å²) in [6, 6.07) is 0.107. The van der Waals surface area contributed by atoms with Crippen molar-refractivity contribution in [3.8, 4) is 0 Å². The van der Waals surface area contributed by atoms with Crippen LogP contribution < -0.4 is 21.1 Å². The number of fused-ring (bicyclic) bond motifs is 4. The van der Waals surface area contributed by atoms with Gasteiger partial charge in [0.15, 0.2) is 0 Å². The normalized spacial score (nSPS) is 19.1. The number of anilines is 3. The van der Waals surface area contributed by atoms with E-state index in [0.29, 0.717) is 34.6 Å². The van der Waals surface area contributed by atoms with Gasteiger partial charge in [-0.05, 0) is 12.8 Å². The Balaban J connectivity index is 1.74. The molecule has 0 aromatic carbocycles. The predicted molar refractivity (Wildman–Crippen MR) is 104 cm³/mol. The van der Waals surface area contributed by atoms with Gasteiger partial charge in [-0.15, -0.1) is 0 Å². The van der Waals surface area contributed by atoms with Gasteiger partial charge in [0, 0.05) is 45.6 Å². The second-order valence-corrected chi connectivity index (χ2v) is 7.36. The summed E-state index contributed by atoms with van der Waals surface area (Å²) < 4.78 is 3.20. The molecule has 10 heteroatoms. The maximum Gasteiger partial charge on any atom is 0.264 e. The van der Waals surface area contributed by atoms with Crippen LogP contribution in [-0.4, -0.2) is 49.1 Å². The lowest BCUT2D eigenvalue weighted by Gasteiger charge is -2.26. The van der Waals surface area contributed by atoms with E-state index >= 15 is 0 Å². The quantitative estimate of drug-likeness (QED) is 0.644. The topological polar surface area (TPSA) is 115 Å². The minimum absolute atomic E-state index is 0.107. The Morgan fingerprint density at radius 1 is 1.18 bits per heavy atom. The van der Waals surface area contributed by atoms with E-state index in [0.717, 1.165) is 19.4 Å². The average molecular weight is 380 g/mol. The first-order valence-electron chi connectivity index (χ1n) is 9.17. The number of hydrogen-bond acceptors (Lipinski definition) is 7. The van der Waals surface area contributed by atoms with Gasteiger partial charge in [0.2, 0.25) is 5.95 Å². The molecule has 0 unspecified atom stereocenters. The number of hydrogen-bond donors (Lipinski definition) is 1. The van der Waals surface area contributed by atoms with Crippen LogP contribution in [-0.2, 0) is 14.1 Å². The molecule has 1 saturated heterocycles. The third-order valence-electron chi connectivity index (χ3n) is 5.61. The smallest absolute Gasteiger partial charge is 0.264 e. The van der Waals surface area contributed by atoms with Gasteiger partial charge in [-0.1, -0.05) is 0 Å². The van der Waals surface area contributed by atoms with Crippen LogP contribution in [0.15, 0.2) is 23.5 Å². The molecule has 1 fully saturated rings. The zero-order valence-electron chi connectivity index (χ0n) is 15.7. The maximum absolute atomic E-state index is 13.5. The van der Waals surface area contributed by atoms with Gasteiger partial charge < -0.3 is 24.7 Å². The first-order valence-corrected chi connectivity index (χ1v) is 9.17. The highest BCUT2D eigenvalue weighted by molar-refractivity contribution is 6.13. The van der Waals surface area contributed by atoms with E-state index in [4.69, 9.17) is 5.73 Å². The van der Waals surface area contributed by atoms with Gasteiger partial charge in [-0.3, -0.25) is 9.59 Å². The molecule has 2 N–H and O–H groups in total. The molecule has 3 aromatic rings. The fourth-order valence-electron chi connectivity index (χ4n) is 4.24. The van der Waals surface area contributed by atoms with Gasteiger partial charge in [0.1, 0.15) is 22.4 Å². The number of nitrogens with zero attached hydrogens (tertiary/aromatic N) is 7. The summed E-state index contributed by atoms with van der Waals surface area (Å²) in [7, 11) is 3.47. The van der Waals surface area contributed by atoms with Crippen molar-refractivity contribution in [1.29, 1.82) is 0 Å². The number of rotatable bonds is 1. The molecule has 5 heterocycles. The highest BCUT2D eigenvalue weighted by atomic mass is 16.2. The van der Waals surface area contributed by atoms with Crippen molar-refractivity contribution in [1.82, 2.24) is 24.1 Å². The van der Waals surface area contributed by atoms with Crippen molar-refractivity contribution < 1.29 is 4.79 Å². The number of aryl methyl sites for hydroxylation is 2. The van der Waals surface area contributed by atoms with Crippen molar-refractivity contribution >= 4 is 34.4 Å². The summed E-state index contributed by atoms with van der Waals surface area (Å²) in [6.07, 6.45) is 6.71. The Labute approximate surface area is 160 Å². The number of amides is 1. The highest BCUT2D eigenvalue weighted by Crippen LogP contribution is 2.35. The van der Waals surface area contributed by atoms with E-state index < -0.39 is 0 Å². The van der Waals surface area contributed by atoms with Crippen molar-refractivity contribution in [2.24, 2.45) is 14.1 Å². The van der Waals surface area contributed by atoms with E-state index in [9.17, 15) is 9.59 Å². The molecule has 1 atom stereocenters. The van der Waals surface area contributed by atoms with E-state index in [1.807, 2.05) is 7.05 Å². The molecule has 5 rings (SSSR count). The highest BCUT2D eigenvalue weighted by Gasteiger charge is 2.38. The second-order valence-electron chi connectivity index (χ2n) is 7.36. The number of nitrogen functional groups attached to an aromatic ring is 1. The molecule has 2 aliphatic rings. The summed E-state index contributed by atoms with van der Waals surface area (Å²) in [5.41, 5.74) is 7.12. The molecule has 28 heavy (non-hydrogen) atoms. The fraction of sp³-hybridized carbons (Fsp3) is 0.389. The minimum Gasteiger partial charge on any atom is -0.368 e. The maximum atomic E-state index is 13.5. The number of nitrogens with two attached hydrogens (primary N) is 1. The average Bonchev–Trinajstić information content (AvgIpc) is 3.24. The van der Waals surface area contributed by atoms with Gasteiger partial charge in [0.25, 0.3) is 11.5 Å². The van der Waals surface area contributed by atoms with Gasteiger partial charge in [-0.25, -0.2) is 9.97 Å². The summed E-state index contributed by atoms with van der Waals surface area (Å²) in [5.74, 6) is 0.491. The van der Waals surface area contributed by atoms with Crippen molar-refractivity contribution in [3.63, 3.8) is 0 Å². The Morgan fingerprint density at radius 2 is 2.00 bits per heavy atom.